The highest BCUT2D eigenvalue weighted by Crippen LogP contribution is 2.26. The number of hydrogen-bond acceptors (Lipinski definition) is 2. The summed E-state index contributed by atoms with van der Waals surface area (Å²) >= 11 is 9.90. The summed E-state index contributed by atoms with van der Waals surface area (Å²) in [5, 5.41) is -0.165. The number of nitrogens with zero attached hydrogens (tertiary/aromatic N) is 3. The van der Waals surface area contributed by atoms with Crippen LogP contribution in [0.15, 0.2) is 40.9 Å². The smallest absolute Gasteiger partial charge is 0.160 e. The quantitative estimate of drug-likeness (QED) is 0.622. The van der Waals surface area contributed by atoms with Gasteiger partial charge in [-0.2, -0.15) is 0 Å². The third-order valence-electron chi connectivity index (χ3n) is 3.40. The number of imidazole rings is 1. The summed E-state index contributed by atoms with van der Waals surface area (Å²) in [4.78, 5) is 9.26. The molecule has 2 aromatic heterocycles. The Morgan fingerprint density at radius 1 is 1.19 bits per heavy atom. The zero-order chi connectivity index (χ0) is 15.0. The van der Waals surface area contributed by atoms with Crippen molar-refractivity contribution in [2.45, 2.75) is 25.8 Å². The maximum absolute atomic E-state index is 6.30. The first-order chi connectivity index (χ1) is 10.1. The summed E-state index contributed by atoms with van der Waals surface area (Å²) in [7, 11) is 0. The van der Waals surface area contributed by atoms with E-state index in [2.05, 4.69) is 36.5 Å². The van der Waals surface area contributed by atoms with E-state index in [1.54, 1.807) is 0 Å². The molecule has 5 heteroatoms. The Kier molecular flexibility index (Phi) is 4.00. The van der Waals surface area contributed by atoms with E-state index >= 15 is 0 Å². The SMILES string of the molecule is Cc1ccc2nc(C(C)Cl)n(Cc3ccccc3Br)c2n1. The van der Waals surface area contributed by atoms with Gasteiger partial charge in [-0.1, -0.05) is 34.1 Å². The third-order valence-corrected chi connectivity index (χ3v) is 4.37. The predicted octanol–water partition coefficient (Wildman–Crippen LogP) is 4.85. The van der Waals surface area contributed by atoms with Crippen molar-refractivity contribution in [3.63, 3.8) is 0 Å². The Hall–Kier alpha value is -1.39. The van der Waals surface area contributed by atoms with Crippen LogP contribution in [0.2, 0.25) is 0 Å². The van der Waals surface area contributed by atoms with Crippen LogP contribution in [-0.2, 0) is 6.54 Å². The minimum atomic E-state index is -0.165. The summed E-state index contributed by atoms with van der Waals surface area (Å²) in [5.74, 6) is 0.848. The molecule has 0 saturated carbocycles. The van der Waals surface area contributed by atoms with E-state index in [1.165, 1.54) is 5.56 Å². The van der Waals surface area contributed by atoms with Crippen LogP contribution < -0.4 is 0 Å². The number of alkyl halides is 1. The lowest BCUT2D eigenvalue weighted by Gasteiger charge is -2.11. The van der Waals surface area contributed by atoms with Crippen molar-refractivity contribution in [2.24, 2.45) is 0 Å². The molecule has 0 amide bonds. The second-order valence-electron chi connectivity index (χ2n) is 5.06. The van der Waals surface area contributed by atoms with Crippen molar-refractivity contribution in [1.29, 1.82) is 0 Å². The number of fused-ring (bicyclic) bond motifs is 1. The van der Waals surface area contributed by atoms with Crippen molar-refractivity contribution in [3.8, 4) is 0 Å². The second-order valence-corrected chi connectivity index (χ2v) is 6.57. The van der Waals surface area contributed by atoms with Crippen LogP contribution in [-0.4, -0.2) is 14.5 Å². The Bertz CT molecular complexity index is 795. The normalized spacial score (nSPS) is 12.8. The molecular weight excluding hydrogens is 350 g/mol. The number of hydrogen-bond donors (Lipinski definition) is 0. The first-order valence-electron chi connectivity index (χ1n) is 6.77. The average molecular weight is 365 g/mol. The van der Waals surface area contributed by atoms with Gasteiger partial charge >= 0.3 is 0 Å². The molecule has 0 radical (unpaired) electrons. The molecule has 1 aromatic carbocycles. The van der Waals surface area contributed by atoms with Gasteiger partial charge in [0, 0.05) is 10.2 Å². The molecule has 0 spiro atoms. The highest BCUT2D eigenvalue weighted by Gasteiger charge is 2.17. The fourth-order valence-corrected chi connectivity index (χ4v) is 2.95. The van der Waals surface area contributed by atoms with Crippen LogP contribution in [0.5, 0.6) is 0 Å². The molecule has 1 atom stereocenters. The lowest BCUT2D eigenvalue weighted by molar-refractivity contribution is 0.733. The summed E-state index contributed by atoms with van der Waals surface area (Å²) in [6.07, 6.45) is 0. The maximum atomic E-state index is 6.30. The molecule has 0 aliphatic carbocycles. The fraction of sp³-hybridized carbons (Fsp3) is 0.250. The summed E-state index contributed by atoms with van der Waals surface area (Å²) < 4.78 is 3.17. The first kappa shape index (κ1) is 14.5. The van der Waals surface area contributed by atoms with Crippen molar-refractivity contribution < 1.29 is 0 Å². The van der Waals surface area contributed by atoms with Gasteiger partial charge in [0.15, 0.2) is 5.65 Å². The zero-order valence-corrected chi connectivity index (χ0v) is 14.2. The molecule has 2 heterocycles. The minimum Gasteiger partial charge on any atom is -0.307 e. The molecule has 21 heavy (non-hydrogen) atoms. The van der Waals surface area contributed by atoms with Crippen molar-refractivity contribution >= 4 is 38.7 Å². The Balaban J connectivity index is 2.17. The van der Waals surface area contributed by atoms with Crippen LogP contribution in [0, 0.1) is 6.92 Å². The number of aryl methyl sites for hydroxylation is 1. The van der Waals surface area contributed by atoms with Crippen LogP contribution >= 0.6 is 27.5 Å². The van der Waals surface area contributed by atoms with E-state index < -0.39 is 0 Å². The summed E-state index contributed by atoms with van der Waals surface area (Å²) in [5.41, 5.74) is 3.92. The highest BCUT2D eigenvalue weighted by atomic mass is 79.9. The van der Waals surface area contributed by atoms with Crippen molar-refractivity contribution in [1.82, 2.24) is 14.5 Å². The topological polar surface area (TPSA) is 30.7 Å². The highest BCUT2D eigenvalue weighted by molar-refractivity contribution is 9.10. The van der Waals surface area contributed by atoms with Crippen molar-refractivity contribution in [2.75, 3.05) is 0 Å². The van der Waals surface area contributed by atoms with Crippen LogP contribution in [0.25, 0.3) is 11.2 Å². The lowest BCUT2D eigenvalue weighted by Crippen LogP contribution is -2.07. The predicted molar refractivity (Wildman–Crippen MR) is 89.8 cm³/mol. The van der Waals surface area contributed by atoms with Crippen LogP contribution in [0.4, 0.5) is 0 Å². The van der Waals surface area contributed by atoms with E-state index in [-0.39, 0.29) is 5.38 Å². The summed E-state index contributed by atoms with van der Waals surface area (Å²) in [6.45, 7) is 4.62. The van der Waals surface area contributed by atoms with Crippen LogP contribution in [0.1, 0.15) is 29.4 Å². The molecule has 108 valence electrons. The molecule has 0 bridgehead atoms. The molecule has 0 aliphatic heterocycles. The Morgan fingerprint density at radius 3 is 2.67 bits per heavy atom. The molecule has 0 saturated heterocycles. The second kappa shape index (κ2) is 5.78. The monoisotopic (exact) mass is 363 g/mol. The molecule has 0 N–H and O–H groups in total. The average Bonchev–Trinajstić information content (AvgIpc) is 2.80. The first-order valence-corrected chi connectivity index (χ1v) is 8.00. The number of benzene rings is 1. The van der Waals surface area contributed by atoms with Gasteiger partial charge in [0.2, 0.25) is 0 Å². The molecule has 3 nitrogen and oxygen atoms in total. The van der Waals surface area contributed by atoms with Gasteiger partial charge in [0.25, 0.3) is 0 Å². The van der Waals surface area contributed by atoms with E-state index in [0.29, 0.717) is 6.54 Å². The number of aromatic nitrogens is 3. The minimum absolute atomic E-state index is 0.165. The van der Waals surface area contributed by atoms with Gasteiger partial charge in [-0.25, -0.2) is 9.97 Å². The molecule has 3 aromatic rings. The van der Waals surface area contributed by atoms with E-state index in [4.69, 9.17) is 11.6 Å². The summed E-state index contributed by atoms with van der Waals surface area (Å²) in [6, 6.07) is 12.1. The molecule has 1 unspecified atom stereocenters. The van der Waals surface area contributed by atoms with Gasteiger partial charge < -0.3 is 4.57 Å². The van der Waals surface area contributed by atoms with E-state index in [1.807, 2.05) is 44.2 Å². The third kappa shape index (κ3) is 2.83. The maximum Gasteiger partial charge on any atom is 0.160 e. The van der Waals surface area contributed by atoms with E-state index in [9.17, 15) is 0 Å². The van der Waals surface area contributed by atoms with Gasteiger partial charge in [-0.3, -0.25) is 0 Å². The van der Waals surface area contributed by atoms with Gasteiger partial charge in [0.05, 0.1) is 11.9 Å². The number of rotatable bonds is 3. The molecular formula is C16H15BrClN3. The zero-order valence-electron chi connectivity index (χ0n) is 11.8. The lowest BCUT2D eigenvalue weighted by atomic mass is 10.2. The van der Waals surface area contributed by atoms with Gasteiger partial charge in [0.1, 0.15) is 11.3 Å². The van der Waals surface area contributed by atoms with Gasteiger partial charge in [-0.05, 0) is 37.6 Å². The fourth-order valence-electron chi connectivity index (χ4n) is 2.37. The van der Waals surface area contributed by atoms with Crippen molar-refractivity contribution in [3.05, 3.63) is 58.0 Å². The Morgan fingerprint density at radius 2 is 1.95 bits per heavy atom. The number of pyridine rings is 1. The molecule has 0 aliphatic rings. The van der Waals surface area contributed by atoms with E-state index in [0.717, 1.165) is 27.2 Å². The molecule has 0 fully saturated rings. The Labute approximate surface area is 137 Å². The standard InChI is InChI=1S/C16H15BrClN3/c1-10-7-8-14-16(19-10)21(15(20-14)11(2)18)9-12-5-3-4-6-13(12)17/h3-8,11H,9H2,1-2H3. The number of halogens is 2. The van der Waals surface area contributed by atoms with Crippen LogP contribution in [0.3, 0.4) is 0 Å². The largest absolute Gasteiger partial charge is 0.307 e. The van der Waals surface area contributed by atoms with Gasteiger partial charge in [-0.15, -0.1) is 11.6 Å². The molecule has 3 rings (SSSR count).